The van der Waals surface area contributed by atoms with Crippen LogP contribution in [0.15, 0.2) is 6.07 Å². The van der Waals surface area contributed by atoms with Gasteiger partial charge in [-0.3, -0.25) is 0 Å². The highest BCUT2D eigenvalue weighted by molar-refractivity contribution is 6.29. The molecule has 0 spiro atoms. The Kier molecular flexibility index (Phi) is 5.11. The molecule has 1 aromatic heterocycles. The van der Waals surface area contributed by atoms with E-state index in [1.165, 1.54) is 0 Å². The van der Waals surface area contributed by atoms with Crippen molar-refractivity contribution in [2.45, 2.75) is 39.7 Å². The van der Waals surface area contributed by atoms with E-state index in [0.29, 0.717) is 24.8 Å². The standard InChI is InChI=1S/C15H22ClN3O3/c1-10-7-12(16)18-13(17-10)21-9-11-5-6-19(8-11)14(20)22-15(2,3)4/h7,11H,5-6,8-9H2,1-4H3. The summed E-state index contributed by atoms with van der Waals surface area (Å²) in [5.41, 5.74) is 0.287. The van der Waals surface area contributed by atoms with Crippen LogP contribution in [-0.4, -0.2) is 46.3 Å². The molecule has 0 bridgehead atoms. The van der Waals surface area contributed by atoms with E-state index in [9.17, 15) is 4.79 Å². The molecule has 1 fully saturated rings. The van der Waals surface area contributed by atoms with Gasteiger partial charge in [-0.15, -0.1) is 0 Å². The number of rotatable bonds is 3. The van der Waals surface area contributed by atoms with Crippen LogP contribution in [0.4, 0.5) is 4.79 Å². The van der Waals surface area contributed by atoms with Crippen LogP contribution in [0.3, 0.4) is 0 Å². The van der Waals surface area contributed by atoms with Crippen LogP contribution >= 0.6 is 11.6 Å². The van der Waals surface area contributed by atoms with Gasteiger partial charge in [0.25, 0.3) is 0 Å². The number of ether oxygens (including phenoxy) is 2. The number of carbonyl (C=O) groups excluding carboxylic acids is 1. The first-order valence-electron chi connectivity index (χ1n) is 7.35. The summed E-state index contributed by atoms with van der Waals surface area (Å²) in [6.07, 6.45) is 0.601. The topological polar surface area (TPSA) is 64.5 Å². The van der Waals surface area contributed by atoms with Crippen molar-refractivity contribution in [1.82, 2.24) is 14.9 Å². The van der Waals surface area contributed by atoms with Gasteiger partial charge in [-0.25, -0.2) is 9.78 Å². The number of hydrogen-bond donors (Lipinski definition) is 0. The molecule has 1 aromatic rings. The second-order valence-corrected chi connectivity index (χ2v) is 6.89. The van der Waals surface area contributed by atoms with E-state index >= 15 is 0 Å². The largest absolute Gasteiger partial charge is 0.463 e. The van der Waals surface area contributed by atoms with Gasteiger partial charge < -0.3 is 14.4 Å². The fourth-order valence-electron chi connectivity index (χ4n) is 2.22. The van der Waals surface area contributed by atoms with Crippen LogP contribution in [-0.2, 0) is 4.74 Å². The Morgan fingerprint density at radius 1 is 1.45 bits per heavy atom. The van der Waals surface area contributed by atoms with Crippen molar-refractivity contribution < 1.29 is 14.3 Å². The summed E-state index contributed by atoms with van der Waals surface area (Å²) in [6.45, 7) is 9.17. The first-order chi connectivity index (χ1) is 10.2. The molecule has 2 rings (SSSR count). The third kappa shape index (κ3) is 5.02. The lowest BCUT2D eigenvalue weighted by molar-refractivity contribution is 0.0284. The van der Waals surface area contributed by atoms with E-state index in [0.717, 1.165) is 12.1 Å². The summed E-state index contributed by atoms with van der Waals surface area (Å²) >= 11 is 5.87. The molecule has 1 amide bonds. The minimum Gasteiger partial charge on any atom is -0.463 e. The molecule has 0 N–H and O–H groups in total. The molecule has 0 saturated carbocycles. The van der Waals surface area contributed by atoms with Crippen molar-refractivity contribution in [2.75, 3.05) is 19.7 Å². The van der Waals surface area contributed by atoms with E-state index in [-0.39, 0.29) is 18.0 Å². The van der Waals surface area contributed by atoms with Gasteiger partial charge in [-0.2, -0.15) is 4.98 Å². The number of hydrogen-bond acceptors (Lipinski definition) is 5. The Balaban J connectivity index is 1.82. The molecule has 1 aliphatic heterocycles. The second-order valence-electron chi connectivity index (χ2n) is 6.51. The Labute approximate surface area is 135 Å². The van der Waals surface area contributed by atoms with Crippen molar-refractivity contribution in [3.8, 4) is 6.01 Å². The smallest absolute Gasteiger partial charge is 0.410 e. The fraction of sp³-hybridized carbons (Fsp3) is 0.667. The molecule has 1 saturated heterocycles. The fourth-order valence-corrected chi connectivity index (χ4v) is 2.45. The molecule has 0 aromatic carbocycles. The van der Waals surface area contributed by atoms with Crippen LogP contribution in [0.1, 0.15) is 32.9 Å². The van der Waals surface area contributed by atoms with Crippen LogP contribution < -0.4 is 4.74 Å². The molecule has 2 heterocycles. The van der Waals surface area contributed by atoms with Crippen molar-refractivity contribution in [1.29, 1.82) is 0 Å². The highest BCUT2D eigenvalue weighted by Gasteiger charge is 2.30. The Hall–Kier alpha value is -1.56. The summed E-state index contributed by atoms with van der Waals surface area (Å²) in [5, 5.41) is 0.365. The third-order valence-corrected chi connectivity index (χ3v) is 3.38. The lowest BCUT2D eigenvalue weighted by Crippen LogP contribution is -2.35. The number of aryl methyl sites for hydroxylation is 1. The van der Waals surface area contributed by atoms with Crippen LogP contribution in [0.2, 0.25) is 5.15 Å². The van der Waals surface area contributed by atoms with E-state index < -0.39 is 5.60 Å². The van der Waals surface area contributed by atoms with Gasteiger partial charge >= 0.3 is 12.1 Å². The quantitative estimate of drug-likeness (QED) is 0.798. The summed E-state index contributed by atoms with van der Waals surface area (Å²) in [7, 11) is 0. The molecule has 7 heteroatoms. The van der Waals surface area contributed by atoms with Crippen molar-refractivity contribution in [3.63, 3.8) is 0 Å². The molecular weight excluding hydrogens is 306 g/mol. The normalized spacial score (nSPS) is 18.4. The van der Waals surface area contributed by atoms with E-state index in [2.05, 4.69) is 9.97 Å². The molecular formula is C15H22ClN3O3. The first kappa shape index (κ1) is 16.8. The predicted octanol–water partition coefficient (Wildman–Crippen LogP) is 3.07. The maximum absolute atomic E-state index is 12.0. The molecule has 22 heavy (non-hydrogen) atoms. The number of amides is 1. The molecule has 0 aliphatic carbocycles. The second kappa shape index (κ2) is 6.69. The Morgan fingerprint density at radius 2 is 2.18 bits per heavy atom. The van der Waals surface area contributed by atoms with Gasteiger partial charge in [0.05, 0.1) is 6.61 Å². The van der Waals surface area contributed by atoms with Gasteiger partial charge in [0, 0.05) is 24.7 Å². The number of nitrogens with zero attached hydrogens (tertiary/aromatic N) is 3. The van der Waals surface area contributed by atoms with Gasteiger partial charge in [0.1, 0.15) is 10.8 Å². The minimum absolute atomic E-state index is 0.246. The first-order valence-corrected chi connectivity index (χ1v) is 7.72. The highest BCUT2D eigenvalue weighted by atomic mass is 35.5. The van der Waals surface area contributed by atoms with E-state index in [1.807, 2.05) is 27.7 Å². The van der Waals surface area contributed by atoms with Crippen molar-refractivity contribution in [3.05, 3.63) is 16.9 Å². The third-order valence-electron chi connectivity index (χ3n) is 3.19. The molecule has 1 aliphatic rings. The molecule has 1 atom stereocenters. The highest BCUT2D eigenvalue weighted by Crippen LogP contribution is 2.20. The van der Waals surface area contributed by atoms with Crippen LogP contribution in [0, 0.1) is 12.8 Å². The summed E-state index contributed by atoms with van der Waals surface area (Å²) in [5.74, 6) is 0.246. The van der Waals surface area contributed by atoms with Crippen LogP contribution in [0.5, 0.6) is 6.01 Å². The average Bonchev–Trinajstić information content (AvgIpc) is 2.82. The zero-order chi connectivity index (χ0) is 16.3. The number of likely N-dealkylation sites (tertiary alicyclic amines) is 1. The molecule has 1 unspecified atom stereocenters. The monoisotopic (exact) mass is 327 g/mol. The summed E-state index contributed by atoms with van der Waals surface area (Å²) in [6, 6.07) is 1.95. The SMILES string of the molecule is Cc1cc(Cl)nc(OCC2CCN(C(=O)OC(C)(C)C)C2)n1. The minimum atomic E-state index is -0.474. The Morgan fingerprint density at radius 3 is 2.82 bits per heavy atom. The lowest BCUT2D eigenvalue weighted by atomic mass is 10.1. The van der Waals surface area contributed by atoms with Crippen LogP contribution in [0.25, 0.3) is 0 Å². The van der Waals surface area contributed by atoms with Gasteiger partial charge in [-0.1, -0.05) is 11.6 Å². The summed E-state index contributed by atoms with van der Waals surface area (Å²) in [4.78, 5) is 21.9. The summed E-state index contributed by atoms with van der Waals surface area (Å²) < 4.78 is 11.0. The Bertz CT molecular complexity index is 525. The average molecular weight is 328 g/mol. The van der Waals surface area contributed by atoms with Crippen molar-refractivity contribution in [2.24, 2.45) is 5.92 Å². The van der Waals surface area contributed by atoms with Gasteiger partial charge in [-0.05, 0) is 40.2 Å². The molecule has 0 radical (unpaired) electrons. The number of aromatic nitrogens is 2. The molecule has 6 nitrogen and oxygen atoms in total. The van der Waals surface area contributed by atoms with E-state index in [4.69, 9.17) is 21.1 Å². The number of carbonyl (C=O) groups is 1. The van der Waals surface area contributed by atoms with E-state index in [1.54, 1.807) is 11.0 Å². The lowest BCUT2D eigenvalue weighted by Gasteiger charge is -2.24. The zero-order valence-electron chi connectivity index (χ0n) is 13.4. The maximum atomic E-state index is 12.0. The number of halogens is 1. The van der Waals surface area contributed by atoms with Gasteiger partial charge in [0.2, 0.25) is 0 Å². The maximum Gasteiger partial charge on any atom is 0.410 e. The zero-order valence-corrected chi connectivity index (χ0v) is 14.2. The predicted molar refractivity (Wildman–Crippen MR) is 83.2 cm³/mol. The van der Waals surface area contributed by atoms with Crippen molar-refractivity contribution >= 4 is 17.7 Å². The molecule has 122 valence electrons. The van der Waals surface area contributed by atoms with Gasteiger partial charge in [0.15, 0.2) is 0 Å².